The summed E-state index contributed by atoms with van der Waals surface area (Å²) < 4.78 is 38.3. The van der Waals surface area contributed by atoms with Crippen molar-refractivity contribution in [3.05, 3.63) is 63.9 Å². The monoisotopic (exact) mass is 405 g/mol. The second-order valence-electron chi connectivity index (χ2n) is 5.37. The van der Waals surface area contributed by atoms with E-state index in [1.54, 1.807) is 0 Å². The first-order valence-corrected chi connectivity index (χ1v) is 9.61. The summed E-state index contributed by atoms with van der Waals surface area (Å²) in [6.45, 7) is 0. The molecule has 2 rings (SSSR count). The molecule has 1 atom stereocenters. The molecule has 0 heterocycles. The fraction of sp³-hybridized carbons (Fsp3) is 0.188. The van der Waals surface area contributed by atoms with Gasteiger partial charge in [0.2, 0.25) is 10.0 Å². The van der Waals surface area contributed by atoms with E-state index in [1.807, 2.05) is 0 Å². The number of rotatable bonds is 6. The number of carbonyl (C=O) groups is 1. The van der Waals surface area contributed by atoms with Crippen molar-refractivity contribution in [2.75, 3.05) is 10.6 Å². The van der Waals surface area contributed by atoms with Crippen LogP contribution < -0.4 is 4.31 Å². The molecule has 0 aromatic heterocycles. The lowest BCUT2D eigenvalue weighted by Gasteiger charge is -2.29. The maximum Gasteiger partial charge on any atom is 0.327 e. The van der Waals surface area contributed by atoms with Gasteiger partial charge in [-0.2, -0.15) is 0 Å². The predicted octanol–water partition coefficient (Wildman–Crippen LogP) is 3.59. The standard InChI is InChI=1S/C16H14Cl2FNO4S/c1-25(23,24)20(14-4-2-13(19)3-5-14)15(16(21)22)8-10-6-11(17)9-12(18)7-10/h2-7,9,15H,8H2,1H3,(H,21,22)/t15-/m0/s1. The summed E-state index contributed by atoms with van der Waals surface area (Å²) in [6.07, 6.45) is 0.720. The van der Waals surface area contributed by atoms with Crippen LogP contribution in [-0.2, 0) is 21.2 Å². The fourth-order valence-electron chi connectivity index (χ4n) is 2.41. The zero-order chi connectivity index (χ0) is 18.8. The quantitative estimate of drug-likeness (QED) is 0.796. The Morgan fingerprint density at radius 1 is 1.16 bits per heavy atom. The molecular weight excluding hydrogens is 392 g/mol. The van der Waals surface area contributed by atoms with Gasteiger partial charge in [0.05, 0.1) is 11.9 Å². The highest BCUT2D eigenvalue weighted by molar-refractivity contribution is 7.92. The summed E-state index contributed by atoms with van der Waals surface area (Å²) in [5, 5.41) is 10.2. The van der Waals surface area contributed by atoms with Crippen LogP contribution in [0.25, 0.3) is 0 Å². The van der Waals surface area contributed by atoms with Gasteiger partial charge >= 0.3 is 5.97 Å². The topological polar surface area (TPSA) is 74.7 Å². The smallest absolute Gasteiger partial charge is 0.327 e. The molecule has 0 bridgehead atoms. The van der Waals surface area contributed by atoms with Crippen LogP contribution in [0.2, 0.25) is 10.0 Å². The lowest BCUT2D eigenvalue weighted by molar-refractivity contribution is -0.138. The van der Waals surface area contributed by atoms with E-state index in [0.717, 1.165) is 22.7 Å². The van der Waals surface area contributed by atoms with Crippen LogP contribution in [-0.4, -0.2) is 31.8 Å². The maximum absolute atomic E-state index is 13.1. The number of nitrogens with zero attached hydrogens (tertiary/aromatic N) is 1. The van der Waals surface area contributed by atoms with E-state index >= 15 is 0 Å². The summed E-state index contributed by atoms with van der Waals surface area (Å²) in [6, 6.07) is 7.58. The van der Waals surface area contributed by atoms with Gasteiger partial charge < -0.3 is 5.11 Å². The van der Waals surface area contributed by atoms with Crippen molar-refractivity contribution in [1.29, 1.82) is 0 Å². The van der Waals surface area contributed by atoms with Crippen LogP contribution in [0.3, 0.4) is 0 Å². The van der Waals surface area contributed by atoms with E-state index in [-0.39, 0.29) is 12.1 Å². The number of benzene rings is 2. The minimum Gasteiger partial charge on any atom is -0.480 e. The number of hydrogen-bond donors (Lipinski definition) is 1. The van der Waals surface area contributed by atoms with E-state index in [1.165, 1.54) is 30.3 Å². The molecule has 0 spiro atoms. The van der Waals surface area contributed by atoms with E-state index in [0.29, 0.717) is 15.6 Å². The Hall–Kier alpha value is -1.83. The molecule has 0 unspecified atom stereocenters. The molecule has 0 fully saturated rings. The molecule has 0 aliphatic heterocycles. The van der Waals surface area contributed by atoms with Crippen LogP contribution in [0.4, 0.5) is 10.1 Å². The Bertz CT molecular complexity index is 867. The van der Waals surface area contributed by atoms with Crippen molar-refractivity contribution >= 4 is 44.9 Å². The number of carboxylic acid groups (broad SMARTS) is 1. The molecule has 2 aromatic rings. The second kappa shape index (κ2) is 7.59. The Morgan fingerprint density at radius 2 is 1.68 bits per heavy atom. The summed E-state index contributed by atoms with van der Waals surface area (Å²) in [5.74, 6) is -1.92. The lowest BCUT2D eigenvalue weighted by atomic mass is 10.1. The highest BCUT2D eigenvalue weighted by atomic mass is 35.5. The largest absolute Gasteiger partial charge is 0.480 e. The SMILES string of the molecule is CS(=O)(=O)N(c1ccc(F)cc1)[C@@H](Cc1cc(Cl)cc(Cl)c1)C(=O)O. The molecule has 0 saturated carbocycles. The van der Waals surface area contributed by atoms with Gasteiger partial charge in [0, 0.05) is 16.5 Å². The number of carboxylic acids is 1. The molecule has 134 valence electrons. The van der Waals surface area contributed by atoms with E-state index in [4.69, 9.17) is 23.2 Å². The van der Waals surface area contributed by atoms with E-state index < -0.39 is 27.9 Å². The Labute approximate surface area is 154 Å². The third-order valence-corrected chi connectivity index (χ3v) is 4.97. The van der Waals surface area contributed by atoms with Crippen LogP contribution in [0.15, 0.2) is 42.5 Å². The van der Waals surface area contributed by atoms with Crippen molar-refractivity contribution in [2.24, 2.45) is 0 Å². The molecule has 0 aliphatic carbocycles. The molecule has 0 amide bonds. The van der Waals surface area contributed by atoms with Crippen molar-refractivity contribution in [1.82, 2.24) is 0 Å². The second-order valence-corrected chi connectivity index (χ2v) is 8.10. The number of halogens is 3. The first-order valence-electron chi connectivity index (χ1n) is 7.00. The number of anilines is 1. The van der Waals surface area contributed by atoms with Crippen LogP contribution in [0.5, 0.6) is 0 Å². The van der Waals surface area contributed by atoms with Crippen molar-refractivity contribution in [3.63, 3.8) is 0 Å². The van der Waals surface area contributed by atoms with Gasteiger partial charge in [-0.25, -0.2) is 17.6 Å². The highest BCUT2D eigenvalue weighted by Crippen LogP contribution is 2.26. The average molecular weight is 406 g/mol. The van der Waals surface area contributed by atoms with Gasteiger partial charge in [0.25, 0.3) is 0 Å². The highest BCUT2D eigenvalue weighted by Gasteiger charge is 2.33. The van der Waals surface area contributed by atoms with Crippen molar-refractivity contribution in [2.45, 2.75) is 12.5 Å². The number of sulfonamides is 1. The number of hydrogen-bond acceptors (Lipinski definition) is 3. The molecule has 2 aromatic carbocycles. The average Bonchev–Trinajstić information content (AvgIpc) is 2.46. The third-order valence-electron chi connectivity index (χ3n) is 3.36. The van der Waals surface area contributed by atoms with Crippen LogP contribution in [0.1, 0.15) is 5.56 Å². The zero-order valence-corrected chi connectivity index (χ0v) is 15.3. The zero-order valence-electron chi connectivity index (χ0n) is 13.0. The summed E-state index contributed by atoms with van der Waals surface area (Å²) in [5.41, 5.74) is 0.505. The van der Waals surface area contributed by atoms with Gasteiger partial charge in [0.15, 0.2) is 0 Å². The molecule has 9 heteroatoms. The van der Waals surface area contributed by atoms with Gasteiger partial charge in [-0.3, -0.25) is 4.31 Å². The summed E-state index contributed by atoms with van der Waals surface area (Å²) in [7, 11) is -3.95. The fourth-order valence-corrected chi connectivity index (χ4v) is 4.12. The maximum atomic E-state index is 13.1. The summed E-state index contributed by atoms with van der Waals surface area (Å²) in [4.78, 5) is 11.8. The third kappa shape index (κ3) is 5.07. The Balaban J connectivity index is 2.49. The first kappa shape index (κ1) is 19.5. The van der Waals surface area contributed by atoms with Gasteiger partial charge in [-0.05, 0) is 48.0 Å². The van der Waals surface area contributed by atoms with Crippen molar-refractivity contribution < 1.29 is 22.7 Å². The molecule has 1 N–H and O–H groups in total. The Kier molecular flexibility index (Phi) is 5.92. The van der Waals surface area contributed by atoms with Crippen molar-refractivity contribution in [3.8, 4) is 0 Å². The van der Waals surface area contributed by atoms with Gasteiger partial charge in [-0.15, -0.1) is 0 Å². The normalized spacial score (nSPS) is 12.6. The van der Waals surface area contributed by atoms with Gasteiger partial charge in [0.1, 0.15) is 11.9 Å². The summed E-state index contributed by atoms with van der Waals surface area (Å²) >= 11 is 11.8. The van der Waals surface area contributed by atoms with Crippen LogP contribution >= 0.6 is 23.2 Å². The predicted molar refractivity (Wildman–Crippen MR) is 95.3 cm³/mol. The minimum atomic E-state index is -3.95. The molecule has 0 aliphatic rings. The van der Waals surface area contributed by atoms with E-state index in [2.05, 4.69) is 0 Å². The molecule has 0 saturated heterocycles. The molecular formula is C16H14Cl2FNO4S. The lowest BCUT2D eigenvalue weighted by Crippen LogP contribution is -2.46. The minimum absolute atomic E-state index is 0.0458. The molecule has 5 nitrogen and oxygen atoms in total. The Morgan fingerprint density at radius 3 is 2.12 bits per heavy atom. The first-order chi connectivity index (χ1) is 11.6. The number of aliphatic carboxylic acids is 1. The van der Waals surface area contributed by atoms with Gasteiger partial charge in [-0.1, -0.05) is 23.2 Å². The molecule has 25 heavy (non-hydrogen) atoms. The van der Waals surface area contributed by atoms with E-state index in [9.17, 15) is 22.7 Å². The van der Waals surface area contributed by atoms with Crippen LogP contribution in [0, 0.1) is 5.82 Å². The molecule has 0 radical (unpaired) electrons.